The number of rotatable bonds is 8. The van der Waals surface area contributed by atoms with E-state index in [4.69, 9.17) is 9.84 Å². The molecule has 0 spiro atoms. The molecule has 2 N–H and O–H groups in total. The van der Waals surface area contributed by atoms with Gasteiger partial charge in [-0.3, -0.25) is 0 Å². The van der Waals surface area contributed by atoms with Crippen molar-refractivity contribution in [2.45, 2.75) is 52.1 Å². The number of halogens is 1. The fourth-order valence-corrected chi connectivity index (χ4v) is 1.76. The molecule has 1 aromatic rings. The lowest BCUT2D eigenvalue weighted by Gasteiger charge is -2.21. The first-order valence-electron chi connectivity index (χ1n) is 7.19. The molecule has 0 atom stereocenters. The summed E-state index contributed by atoms with van der Waals surface area (Å²) in [5.74, 6) is 0.482. The van der Waals surface area contributed by atoms with E-state index in [2.05, 4.69) is 26.1 Å². The summed E-state index contributed by atoms with van der Waals surface area (Å²) in [6, 6.07) is 4.62. The Morgan fingerprint density at radius 1 is 1.20 bits per heavy atom. The molecule has 0 radical (unpaired) electrons. The molecule has 114 valence electrons. The summed E-state index contributed by atoms with van der Waals surface area (Å²) in [5.41, 5.74) is 0.812. The Hall–Kier alpha value is -1.13. The highest BCUT2D eigenvalue weighted by atomic mass is 19.1. The van der Waals surface area contributed by atoms with E-state index in [-0.39, 0.29) is 18.0 Å². The fourth-order valence-electron chi connectivity index (χ4n) is 1.76. The summed E-state index contributed by atoms with van der Waals surface area (Å²) >= 11 is 0. The van der Waals surface area contributed by atoms with Crippen LogP contribution in [0, 0.1) is 5.82 Å². The van der Waals surface area contributed by atoms with Gasteiger partial charge >= 0.3 is 0 Å². The molecule has 0 aliphatic carbocycles. The van der Waals surface area contributed by atoms with Gasteiger partial charge in [0, 0.05) is 24.3 Å². The van der Waals surface area contributed by atoms with Gasteiger partial charge < -0.3 is 15.2 Å². The first-order valence-corrected chi connectivity index (χ1v) is 7.19. The van der Waals surface area contributed by atoms with Crippen molar-refractivity contribution in [1.82, 2.24) is 5.32 Å². The van der Waals surface area contributed by atoms with Crippen molar-refractivity contribution in [2.75, 3.05) is 13.2 Å². The average Bonchev–Trinajstić information content (AvgIpc) is 2.37. The van der Waals surface area contributed by atoms with Crippen molar-refractivity contribution in [3.8, 4) is 5.75 Å². The second-order valence-electron chi connectivity index (χ2n) is 5.99. The molecule has 0 unspecified atom stereocenters. The topological polar surface area (TPSA) is 41.5 Å². The van der Waals surface area contributed by atoms with Gasteiger partial charge in [0.25, 0.3) is 0 Å². The predicted octanol–water partition coefficient (Wildman–Crippen LogP) is 3.26. The van der Waals surface area contributed by atoms with Gasteiger partial charge in [-0.25, -0.2) is 4.39 Å². The molecule has 0 saturated carbocycles. The lowest BCUT2D eigenvalue weighted by Crippen LogP contribution is -2.35. The SMILES string of the molecule is CC(C)(C)NCc1cc(F)ccc1OCCCCCO. The Kier molecular flexibility index (Phi) is 6.96. The molecule has 3 nitrogen and oxygen atoms in total. The number of benzene rings is 1. The maximum Gasteiger partial charge on any atom is 0.123 e. The molecule has 1 rings (SSSR count). The predicted molar refractivity (Wildman–Crippen MR) is 79.4 cm³/mol. The molecule has 20 heavy (non-hydrogen) atoms. The second kappa shape index (κ2) is 8.22. The zero-order valence-corrected chi connectivity index (χ0v) is 12.7. The number of aliphatic hydroxyl groups excluding tert-OH is 1. The van der Waals surface area contributed by atoms with E-state index in [0.29, 0.717) is 13.2 Å². The Balaban J connectivity index is 2.56. The van der Waals surface area contributed by atoms with Gasteiger partial charge in [0.1, 0.15) is 11.6 Å². The fraction of sp³-hybridized carbons (Fsp3) is 0.625. The number of hydrogen-bond acceptors (Lipinski definition) is 3. The minimum absolute atomic E-state index is 0.0231. The van der Waals surface area contributed by atoms with Crippen molar-refractivity contribution in [3.63, 3.8) is 0 Å². The van der Waals surface area contributed by atoms with E-state index in [1.54, 1.807) is 6.07 Å². The standard InChI is InChI=1S/C16H26FNO2/c1-16(2,3)18-12-13-11-14(17)7-8-15(13)20-10-6-4-5-9-19/h7-8,11,18-19H,4-6,9-10,12H2,1-3H3. The van der Waals surface area contributed by atoms with Crippen LogP contribution in [-0.2, 0) is 6.54 Å². The second-order valence-corrected chi connectivity index (χ2v) is 5.99. The summed E-state index contributed by atoms with van der Waals surface area (Å²) in [6.07, 6.45) is 2.63. The molecule has 0 aromatic heterocycles. The molecule has 0 aliphatic heterocycles. The van der Waals surface area contributed by atoms with Crippen molar-refractivity contribution >= 4 is 0 Å². The van der Waals surface area contributed by atoms with Gasteiger partial charge in [0.05, 0.1) is 6.61 Å². The number of ether oxygens (including phenoxy) is 1. The van der Waals surface area contributed by atoms with Crippen LogP contribution in [0.25, 0.3) is 0 Å². The highest BCUT2D eigenvalue weighted by Crippen LogP contribution is 2.21. The van der Waals surface area contributed by atoms with Crippen molar-refractivity contribution in [3.05, 3.63) is 29.6 Å². The number of aliphatic hydroxyl groups is 1. The van der Waals surface area contributed by atoms with Crippen molar-refractivity contribution < 1.29 is 14.2 Å². The Bertz CT molecular complexity index is 402. The van der Waals surface area contributed by atoms with E-state index in [1.165, 1.54) is 12.1 Å². The van der Waals surface area contributed by atoms with Gasteiger partial charge in [-0.15, -0.1) is 0 Å². The molecule has 4 heteroatoms. The quantitative estimate of drug-likeness (QED) is 0.720. The van der Waals surface area contributed by atoms with E-state index >= 15 is 0 Å². The maximum atomic E-state index is 13.3. The van der Waals surface area contributed by atoms with Crippen LogP contribution in [0.2, 0.25) is 0 Å². The highest BCUT2D eigenvalue weighted by molar-refractivity contribution is 5.34. The maximum absolute atomic E-state index is 13.3. The number of hydrogen-bond donors (Lipinski definition) is 2. The summed E-state index contributed by atoms with van der Waals surface area (Å²) in [4.78, 5) is 0. The number of nitrogens with one attached hydrogen (secondary N) is 1. The summed E-state index contributed by atoms with van der Waals surface area (Å²) in [7, 11) is 0. The van der Waals surface area contributed by atoms with Crippen LogP contribution in [0.1, 0.15) is 45.6 Å². The first-order chi connectivity index (χ1) is 9.42. The van der Waals surface area contributed by atoms with Crippen LogP contribution >= 0.6 is 0 Å². The smallest absolute Gasteiger partial charge is 0.123 e. The third-order valence-electron chi connectivity index (χ3n) is 2.89. The van der Waals surface area contributed by atoms with E-state index < -0.39 is 0 Å². The summed E-state index contributed by atoms with van der Waals surface area (Å²) in [5, 5.41) is 12.0. The third-order valence-corrected chi connectivity index (χ3v) is 2.89. The normalized spacial score (nSPS) is 11.7. The molecule has 0 amide bonds. The highest BCUT2D eigenvalue weighted by Gasteiger charge is 2.11. The molecule has 0 saturated heterocycles. The molecular weight excluding hydrogens is 257 g/mol. The summed E-state index contributed by atoms with van der Waals surface area (Å²) < 4.78 is 19.1. The lowest BCUT2D eigenvalue weighted by molar-refractivity contribution is 0.264. The van der Waals surface area contributed by atoms with Gasteiger partial charge in [0.15, 0.2) is 0 Å². The molecule has 0 fully saturated rings. The van der Waals surface area contributed by atoms with Crippen molar-refractivity contribution in [2.24, 2.45) is 0 Å². The molecule has 0 heterocycles. The largest absolute Gasteiger partial charge is 0.493 e. The van der Waals surface area contributed by atoms with Gasteiger partial charge in [-0.1, -0.05) is 0 Å². The van der Waals surface area contributed by atoms with Crippen LogP contribution in [0.5, 0.6) is 5.75 Å². The van der Waals surface area contributed by atoms with Gasteiger partial charge in [0.2, 0.25) is 0 Å². The zero-order valence-electron chi connectivity index (χ0n) is 12.7. The Morgan fingerprint density at radius 3 is 2.60 bits per heavy atom. The van der Waals surface area contributed by atoms with Gasteiger partial charge in [-0.2, -0.15) is 0 Å². The van der Waals surface area contributed by atoms with E-state index in [9.17, 15) is 4.39 Å². The average molecular weight is 283 g/mol. The third kappa shape index (κ3) is 6.87. The molecule has 0 bridgehead atoms. The van der Waals surface area contributed by atoms with E-state index in [0.717, 1.165) is 30.6 Å². The molecule has 0 aliphatic rings. The van der Waals surface area contributed by atoms with Crippen molar-refractivity contribution in [1.29, 1.82) is 0 Å². The Morgan fingerprint density at radius 2 is 1.95 bits per heavy atom. The monoisotopic (exact) mass is 283 g/mol. The van der Waals surface area contributed by atoms with E-state index in [1.807, 2.05) is 0 Å². The minimum atomic E-state index is -0.247. The Labute approximate surface area is 121 Å². The van der Waals surface area contributed by atoms with Crippen LogP contribution in [0.15, 0.2) is 18.2 Å². The van der Waals surface area contributed by atoms with Crippen LogP contribution in [0.4, 0.5) is 4.39 Å². The van der Waals surface area contributed by atoms with Crippen LogP contribution < -0.4 is 10.1 Å². The lowest BCUT2D eigenvalue weighted by atomic mass is 10.1. The summed E-state index contributed by atoms with van der Waals surface area (Å²) in [6.45, 7) is 7.60. The van der Waals surface area contributed by atoms with Crippen LogP contribution in [-0.4, -0.2) is 23.9 Å². The van der Waals surface area contributed by atoms with Gasteiger partial charge in [-0.05, 0) is 58.2 Å². The molecule has 1 aromatic carbocycles. The molecular formula is C16H26FNO2. The van der Waals surface area contributed by atoms with Crippen LogP contribution in [0.3, 0.4) is 0 Å². The first kappa shape index (κ1) is 16.9. The number of unbranched alkanes of at least 4 members (excludes halogenated alkanes) is 2. The zero-order chi connectivity index (χ0) is 15.0. The minimum Gasteiger partial charge on any atom is -0.493 e.